The van der Waals surface area contributed by atoms with Crippen LogP contribution < -0.4 is 14.8 Å². The first-order chi connectivity index (χ1) is 12.5. The lowest BCUT2D eigenvalue weighted by atomic mass is 10.1. The number of amides is 1. The minimum atomic E-state index is -0.242. The van der Waals surface area contributed by atoms with Crippen LogP contribution in [0.4, 0.5) is 0 Å². The van der Waals surface area contributed by atoms with Crippen molar-refractivity contribution in [2.75, 3.05) is 13.2 Å². The van der Waals surface area contributed by atoms with Crippen LogP contribution in [0.3, 0.4) is 0 Å². The molecule has 3 rings (SSSR count). The number of hydrogen-bond acceptors (Lipinski definition) is 5. The molecule has 0 saturated carbocycles. The molecule has 0 radical (unpaired) electrons. The summed E-state index contributed by atoms with van der Waals surface area (Å²) in [5.41, 5.74) is 3.11. The molecule has 0 aliphatic carbocycles. The molecule has 1 amide bonds. The van der Waals surface area contributed by atoms with Crippen molar-refractivity contribution >= 4 is 28.9 Å². The predicted octanol–water partition coefficient (Wildman–Crippen LogP) is 3.90. The average molecular weight is 368 g/mol. The molecule has 1 heterocycles. The van der Waals surface area contributed by atoms with E-state index in [4.69, 9.17) is 14.9 Å². The van der Waals surface area contributed by atoms with E-state index in [0.29, 0.717) is 23.9 Å². The van der Waals surface area contributed by atoms with Crippen molar-refractivity contribution in [3.8, 4) is 11.5 Å². The molecule has 26 heavy (non-hydrogen) atoms. The number of ether oxygens (including phenoxy) is 2. The van der Waals surface area contributed by atoms with Gasteiger partial charge in [-0.2, -0.15) is 0 Å². The molecule has 6 heteroatoms. The minimum Gasteiger partial charge on any atom is -0.490 e. The summed E-state index contributed by atoms with van der Waals surface area (Å²) < 4.78 is 11.5. The van der Waals surface area contributed by atoms with Crippen LogP contribution >= 0.6 is 11.8 Å². The molecule has 1 saturated heterocycles. The van der Waals surface area contributed by atoms with E-state index >= 15 is 0 Å². The van der Waals surface area contributed by atoms with Gasteiger partial charge < -0.3 is 14.8 Å². The molecule has 0 bridgehead atoms. The Labute approximate surface area is 156 Å². The van der Waals surface area contributed by atoms with Crippen LogP contribution in [-0.4, -0.2) is 24.3 Å². The first-order valence-electron chi connectivity index (χ1n) is 8.23. The van der Waals surface area contributed by atoms with Gasteiger partial charge in [-0.3, -0.25) is 10.2 Å². The Bertz CT molecular complexity index is 877. The summed E-state index contributed by atoms with van der Waals surface area (Å²) in [4.78, 5) is 12.2. The summed E-state index contributed by atoms with van der Waals surface area (Å²) in [7, 11) is 0. The Morgan fingerprint density at radius 1 is 1.12 bits per heavy atom. The predicted molar refractivity (Wildman–Crippen MR) is 105 cm³/mol. The maximum absolute atomic E-state index is 11.7. The SMILES string of the molecule is Cc1ccc(C)c(OCCOc2cccc(/C=C3\SC(=N)NC3=O)c2)c1. The van der Waals surface area contributed by atoms with E-state index in [-0.39, 0.29) is 11.1 Å². The van der Waals surface area contributed by atoms with E-state index in [1.807, 2.05) is 50.2 Å². The highest BCUT2D eigenvalue weighted by molar-refractivity contribution is 8.18. The van der Waals surface area contributed by atoms with E-state index < -0.39 is 0 Å². The fraction of sp³-hybridized carbons (Fsp3) is 0.200. The van der Waals surface area contributed by atoms with E-state index in [0.717, 1.165) is 34.2 Å². The summed E-state index contributed by atoms with van der Waals surface area (Å²) in [6, 6.07) is 13.6. The number of hydrogen-bond donors (Lipinski definition) is 2. The molecule has 1 aliphatic heterocycles. The number of rotatable bonds is 6. The van der Waals surface area contributed by atoms with Gasteiger partial charge in [-0.25, -0.2) is 0 Å². The van der Waals surface area contributed by atoms with Crippen molar-refractivity contribution in [1.29, 1.82) is 5.41 Å². The van der Waals surface area contributed by atoms with Gasteiger partial charge in [0, 0.05) is 0 Å². The second kappa shape index (κ2) is 8.10. The minimum absolute atomic E-state index is 0.150. The van der Waals surface area contributed by atoms with Crippen LogP contribution in [0.5, 0.6) is 11.5 Å². The molecule has 0 spiro atoms. The maximum atomic E-state index is 11.7. The number of carbonyl (C=O) groups is 1. The lowest BCUT2D eigenvalue weighted by Crippen LogP contribution is -2.18. The van der Waals surface area contributed by atoms with E-state index in [2.05, 4.69) is 11.4 Å². The summed E-state index contributed by atoms with van der Waals surface area (Å²) in [6.07, 6.45) is 1.75. The number of benzene rings is 2. The van der Waals surface area contributed by atoms with E-state index in [9.17, 15) is 4.79 Å². The van der Waals surface area contributed by atoms with Gasteiger partial charge in [0.1, 0.15) is 24.7 Å². The smallest absolute Gasteiger partial charge is 0.264 e. The van der Waals surface area contributed by atoms with E-state index in [1.165, 1.54) is 0 Å². The molecule has 2 N–H and O–H groups in total. The molecular weight excluding hydrogens is 348 g/mol. The number of nitrogens with one attached hydrogen (secondary N) is 2. The second-order valence-corrected chi connectivity index (χ2v) is 6.98. The largest absolute Gasteiger partial charge is 0.490 e. The van der Waals surface area contributed by atoms with Crippen LogP contribution in [-0.2, 0) is 4.79 Å². The molecule has 2 aromatic rings. The Morgan fingerprint density at radius 2 is 1.92 bits per heavy atom. The molecular formula is C20H20N2O3S. The molecule has 0 aromatic heterocycles. The normalized spacial score (nSPS) is 15.2. The molecule has 0 atom stereocenters. The summed E-state index contributed by atoms with van der Waals surface area (Å²) in [5, 5.41) is 10.1. The Balaban J connectivity index is 1.56. The number of carbonyl (C=O) groups excluding carboxylic acids is 1. The van der Waals surface area contributed by atoms with Crippen molar-refractivity contribution in [2.24, 2.45) is 0 Å². The van der Waals surface area contributed by atoms with Gasteiger partial charge >= 0.3 is 0 Å². The Kier molecular flexibility index (Phi) is 5.63. The molecule has 2 aromatic carbocycles. The second-order valence-electron chi connectivity index (χ2n) is 5.93. The van der Waals surface area contributed by atoms with E-state index in [1.54, 1.807) is 6.08 Å². The zero-order valence-corrected chi connectivity index (χ0v) is 15.5. The fourth-order valence-corrected chi connectivity index (χ4v) is 3.16. The van der Waals surface area contributed by atoms with Crippen LogP contribution in [0, 0.1) is 19.3 Å². The highest BCUT2D eigenvalue weighted by atomic mass is 32.2. The molecule has 5 nitrogen and oxygen atoms in total. The van der Waals surface area contributed by atoms with Gasteiger partial charge in [0.15, 0.2) is 5.17 Å². The highest BCUT2D eigenvalue weighted by Crippen LogP contribution is 2.26. The molecule has 1 fully saturated rings. The number of amidine groups is 1. The average Bonchev–Trinajstić information content (AvgIpc) is 2.92. The van der Waals surface area contributed by atoms with Gasteiger partial charge in [0.05, 0.1) is 4.91 Å². The highest BCUT2D eigenvalue weighted by Gasteiger charge is 2.22. The lowest BCUT2D eigenvalue weighted by Gasteiger charge is -2.11. The van der Waals surface area contributed by atoms with Crippen LogP contribution in [0.1, 0.15) is 16.7 Å². The third kappa shape index (κ3) is 4.67. The first kappa shape index (κ1) is 18.1. The van der Waals surface area contributed by atoms with Gasteiger partial charge in [-0.1, -0.05) is 24.3 Å². The number of aryl methyl sites for hydroxylation is 2. The summed E-state index contributed by atoms with van der Waals surface area (Å²) >= 11 is 1.12. The van der Waals surface area contributed by atoms with Gasteiger partial charge in [-0.05, 0) is 66.6 Å². The zero-order valence-electron chi connectivity index (χ0n) is 14.7. The third-order valence-corrected chi connectivity index (χ3v) is 4.60. The standard InChI is InChI=1S/C20H20N2O3S/c1-13-6-7-14(2)17(10-13)25-9-8-24-16-5-3-4-15(11-16)12-18-19(23)22-20(21)26-18/h3-7,10-12H,8-9H2,1-2H3,(H2,21,22,23)/b18-12-. The van der Waals surface area contributed by atoms with Crippen molar-refractivity contribution in [3.05, 3.63) is 64.1 Å². The fourth-order valence-electron chi connectivity index (χ4n) is 2.46. The Morgan fingerprint density at radius 3 is 2.69 bits per heavy atom. The summed E-state index contributed by atoms with van der Waals surface area (Å²) in [5.74, 6) is 1.34. The first-order valence-corrected chi connectivity index (χ1v) is 9.05. The number of thioether (sulfide) groups is 1. The Hall–Kier alpha value is -2.73. The maximum Gasteiger partial charge on any atom is 0.264 e. The lowest BCUT2D eigenvalue weighted by molar-refractivity contribution is -0.115. The van der Waals surface area contributed by atoms with Gasteiger partial charge in [0.2, 0.25) is 0 Å². The monoisotopic (exact) mass is 368 g/mol. The zero-order chi connectivity index (χ0) is 18.5. The van der Waals surface area contributed by atoms with Gasteiger partial charge in [-0.15, -0.1) is 0 Å². The van der Waals surface area contributed by atoms with Crippen molar-refractivity contribution in [3.63, 3.8) is 0 Å². The molecule has 0 unspecified atom stereocenters. The quantitative estimate of drug-likeness (QED) is 0.599. The van der Waals surface area contributed by atoms with Crippen molar-refractivity contribution in [2.45, 2.75) is 13.8 Å². The third-order valence-electron chi connectivity index (χ3n) is 3.77. The van der Waals surface area contributed by atoms with Gasteiger partial charge in [0.25, 0.3) is 5.91 Å². The van der Waals surface area contributed by atoms with Crippen LogP contribution in [0.15, 0.2) is 47.4 Å². The van der Waals surface area contributed by atoms with Crippen LogP contribution in [0.25, 0.3) is 6.08 Å². The van der Waals surface area contributed by atoms with Crippen molar-refractivity contribution in [1.82, 2.24) is 5.32 Å². The van der Waals surface area contributed by atoms with Crippen molar-refractivity contribution < 1.29 is 14.3 Å². The molecule has 1 aliphatic rings. The topological polar surface area (TPSA) is 71.4 Å². The molecule has 134 valence electrons. The summed E-state index contributed by atoms with van der Waals surface area (Å²) in [6.45, 7) is 4.93. The van der Waals surface area contributed by atoms with Crippen LogP contribution in [0.2, 0.25) is 0 Å².